The normalized spacial score (nSPS) is 19.5. The molecule has 3 rings (SSSR count). The number of rotatable bonds is 1. The molecular formula is C15H21BrN4O2. The van der Waals surface area contributed by atoms with Crippen molar-refractivity contribution in [3.8, 4) is 0 Å². The fraction of sp³-hybridized carbons (Fsp3) is 0.600. The Morgan fingerprint density at radius 3 is 2.41 bits per heavy atom. The maximum absolute atomic E-state index is 12.5. The number of halogens is 1. The molecule has 0 atom stereocenters. The van der Waals surface area contributed by atoms with Gasteiger partial charge in [-0.2, -0.15) is 0 Å². The van der Waals surface area contributed by atoms with Crippen LogP contribution >= 0.6 is 15.9 Å². The summed E-state index contributed by atoms with van der Waals surface area (Å²) in [6, 6.07) is 2.22. The lowest BCUT2D eigenvalue weighted by molar-refractivity contribution is 0.0428. The molecule has 3 heterocycles. The van der Waals surface area contributed by atoms with E-state index in [1.165, 1.54) is 0 Å². The van der Waals surface area contributed by atoms with Crippen molar-refractivity contribution in [1.29, 1.82) is 0 Å². The second-order valence-corrected chi connectivity index (χ2v) is 6.57. The van der Waals surface area contributed by atoms with E-state index in [9.17, 15) is 4.79 Å². The van der Waals surface area contributed by atoms with Crippen LogP contribution in [0.2, 0.25) is 0 Å². The van der Waals surface area contributed by atoms with Gasteiger partial charge in [0.2, 0.25) is 0 Å². The Labute approximate surface area is 139 Å². The summed E-state index contributed by atoms with van der Waals surface area (Å²) in [5, 5.41) is 0. The first-order chi connectivity index (χ1) is 10.6. The van der Waals surface area contributed by atoms with Gasteiger partial charge in [-0.3, -0.25) is 0 Å². The summed E-state index contributed by atoms with van der Waals surface area (Å²) in [7, 11) is 0. The molecule has 0 aromatic carbocycles. The van der Waals surface area contributed by atoms with E-state index >= 15 is 0 Å². The van der Waals surface area contributed by atoms with Gasteiger partial charge in [0.1, 0.15) is 5.82 Å². The number of hydrogen-bond acceptors (Lipinski definition) is 4. The topological polar surface area (TPSA) is 48.9 Å². The van der Waals surface area contributed by atoms with Crippen molar-refractivity contribution in [3.05, 3.63) is 22.3 Å². The number of aromatic nitrogens is 1. The van der Waals surface area contributed by atoms with Crippen molar-refractivity contribution >= 4 is 27.8 Å². The van der Waals surface area contributed by atoms with Gasteiger partial charge in [0.05, 0.1) is 13.2 Å². The molecule has 6 nitrogen and oxygen atoms in total. The van der Waals surface area contributed by atoms with E-state index in [1.54, 1.807) is 0 Å². The van der Waals surface area contributed by atoms with Gasteiger partial charge in [-0.1, -0.05) is 0 Å². The van der Waals surface area contributed by atoms with Crippen LogP contribution in [-0.2, 0) is 4.74 Å². The molecule has 120 valence electrons. The molecule has 0 saturated carbocycles. The zero-order chi connectivity index (χ0) is 15.5. The number of ether oxygens (including phenoxy) is 1. The molecule has 2 amide bonds. The first-order valence-electron chi connectivity index (χ1n) is 7.64. The van der Waals surface area contributed by atoms with E-state index in [0.29, 0.717) is 26.3 Å². The lowest BCUT2D eigenvalue weighted by Crippen LogP contribution is -2.55. The van der Waals surface area contributed by atoms with Crippen LogP contribution in [0.3, 0.4) is 0 Å². The zero-order valence-electron chi connectivity index (χ0n) is 12.8. The van der Waals surface area contributed by atoms with Gasteiger partial charge < -0.3 is 19.4 Å². The molecule has 2 saturated heterocycles. The summed E-state index contributed by atoms with van der Waals surface area (Å²) in [6.45, 7) is 7.90. The summed E-state index contributed by atoms with van der Waals surface area (Å²) in [5.74, 6) is 1.02. The molecule has 0 radical (unpaired) electrons. The maximum atomic E-state index is 12.5. The van der Waals surface area contributed by atoms with Crippen LogP contribution in [0.5, 0.6) is 0 Å². The maximum Gasteiger partial charge on any atom is 0.320 e. The highest BCUT2D eigenvalue weighted by molar-refractivity contribution is 9.10. The van der Waals surface area contributed by atoms with E-state index in [1.807, 2.05) is 16.0 Å². The van der Waals surface area contributed by atoms with Crippen LogP contribution < -0.4 is 4.90 Å². The molecule has 2 aliphatic rings. The highest BCUT2D eigenvalue weighted by Crippen LogP contribution is 2.22. The smallest absolute Gasteiger partial charge is 0.320 e. The highest BCUT2D eigenvalue weighted by atomic mass is 79.9. The van der Waals surface area contributed by atoms with Crippen molar-refractivity contribution in [3.63, 3.8) is 0 Å². The van der Waals surface area contributed by atoms with Crippen LogP contribution in [-0.4, -0.2) is 73.3 Å². The molecule has 0 spiro atoms. The monoisotopic (exact) mass is 368 g/mol. The fourth-order valence-corrected chi connectivity index (χ4v) is 3.37. The molecule has 0 aliphatic carbocycles. The zero-order valence-corrected chi connectivity index (χ0v) is 14.4. The molecule has 0 bridgehead atoms. The lowest BCUT2D eigenvalue weighted by atomic mass is 10.2. The molecule has 22 heavy (non-hydrogen) atoms. The van der Waals surface area contributed by atoms with Crippen molar-refractivity contribution in [2.24, 2.45) is 0 Å². The van der Waals surface area contributed by atoms with Gasteiger partial charge in [0.25, 0.3) is 0 Å². The number of aryl methyl sites for hydroxylation is 1. The minimum absolute atomic E-state index is 0.142. The Bertz CT molecular complexity index is 540. The molecular weight excluding hydrogens is 348 g/mol. The number of pyridine rings is 1. The van der Waals surface area contributed by atoms with E-state index in [-0.39, 0.29) is 6.03 Å². The Kier molecular flexibility index (Phi) is 4.83. The van der Waals surface area contributed by atoms with Gasteiger partial charge in [-0.15, -0.1) is 0 Å². The third-order valence-corrected chi connectivity index (χ3v) is 4.58. The van der Waals surface area contributed by atoms with E-state index in [2.05, 4.69) is 38.8 Å². The Balaban J connectivity index is 1.59. The summed E-state index contributed by atoms with van der Waals surface area (Å²) >= 11 is 3.44. The van der Waals surface area contributed by atoms with E-state index in [4.69, 9.17) is 4.74 Å². The first-order valence-corrected chi connectivity index (χ1v) is 8.43. The third-order valence-electron chi connectivity index (χ3n) is 4.15. The molecule has 2 fully saturated rings. The van der Waals surface area contributed by atoms with Crippen LogP contribution in [0, 0.1) is 6.92 Å². The van der Waals surface area contributed by atoms with Crippen molar-refractivity contribution in [2.45, 2.75) is 6.92 Å². The molecule has 1 aromatic heterocycles. The lowest BCUT2D eigenvalue weighted by Gasteiger charge is -2.39. The summed E-state index contributed by atoms with van der Waals surface area (Å²) in [6.07, 6.45) is 1.83. The number of amides is 2. The van der Waals surface area contributed by atoms with Crippen LogP contribution in [0.15, 0.2) is 16.7 Å². The Morgan fingerprint density at radius 2 is 1.77 bits per heavy atom. The quantitative estimate of drug-likeness (QED) is 0.757. The Hall–Kier alpha value is -1.34. The van der Waals surface area contributed by atoms with E-state index in [0.717, 1.165) is 42.0 Å². The number of urea groups is 1. The highest BCUT2D eigenvalue weighted by Gasteiger charge is 2.27. The number of nitrogens with zero attached hydrogens (tertiary/aromatic N) is 4. The molecule has 2 aliphatic heterocycles. The number of carbonyl (C=O) groups excluding carboxylic acids is 1. The predicted octanol–water partition coefficient (Wildman–Crippen LogP) is 1.73. The number of hydrogen-bond donors (Lipinski definition) is 0. The van der Waals surface area contributed by atoms with Crippen molar-refractivity contribution < 1.29 is 9.53 Å². The average Bonchev–Trinajstić information content (AvgIpc) is 2.55. The largest absolute Gasteiger partial charge is 0.378 e. The van der Waals surface area contributed by atoms with Gasteiger partial charge in [0.15, 0.2) is 0 Å². The second-order valence-electron chi connectivity index (χ2n) is 5.65. The van der Waals surface area contributed by atoms with Gasteiger partial charge >= 0.3 is 6.03 Å². The standard InChI is InChI=1S/C15H21BrN4O2/c1-12-10-13(16)11-17-14(12)18-2-4-19(5-3-18)15(21)20-6-8-22-9-7-20/h10-11H,2-9H2,1H3. The first kappa shape index (κ1) is 15.6. The minimum Gasteiger partial charge on any atom is -0.378 e. The van der Waals surface area contributed by atoms with Crippen molar-refractivity contribution in [2.75, 3.05) is 57.4 Å². The summed E-state index contributed by atoms with van der Waals surface area (Å²) < 4.78 is 6.30. The van der Waals surface area contributed by atoms with E-state index < -0.39 is 0 Å². The second kappa shape index (κ2) is 6.83. The predicted molar refractivity (Wildman–Crippen MR) is 88.2 cm³/mol. The van der Waals surface area contributed by atoms with Gasteiger partial charge in [-0.25, -0.2) is 9.78 Å². The number of piperazine rings is 1. The third kappa shape index (κ3) is 3.35. The summed E-state index contributed by atoms with van der Waals surface area (Å²) in [5.41, 5.74) is 1.15. The number of morpholine rings is 1. The fourth-order valence-electron chi connectivity index (χ4n) is 2.93. The molecule has 1 aromatic rings. The number of anilines is 1. The Morgan fingerprint density at radius 1 is 1.14 bits per heavy atom. The number of carbonyl (C=O) groups is 1. The van der Waals surface area contributed by atoms with Crippen molar-refractivity contribution in [1.82, 2.24) is 14.8 Å². The van der Waals surface area contributed by atoms with Gasteiger partial charge in [0, 0.05) is 49.9 Å². The molecule has 0 unspecified atom stereocenters. The average molecular weight is 369 g/mol. The molecule has 0 N–H and O–H groups in total. The molecule has 7 heteroatoms. The SMILES string of the molecule is Cc1cc(Br)cnc1N1CCN(C(=O)N2CCOCC2)CC1. The minimum atomic E-state index is 0.142. The van der Waals surface area contributed by atoms with Gasteiger partial charge in [-0.05, 0) is 34.5 Å². The van der Waals surface area contributed by atoms with Crippen LogP contribution in [0.4, 0.5) is 10.6 Å². The van der Waals surface area contributed by atoms with Crippen LogP contribution in [0.1, 0.15) is 5.56 Å². The van der Waals surface area contributed by atoms with Crippen LogP contribution in [0.25, 0.3) is 0 Å². The summed E-state index contributed by atoms with van der Waals surface area (Å²) in [4.78, 5) is 23.1.